The standard InChI is InChI=1S/C21H17FN6O/c22-14-5-3-4-13(11-23)19(14)15-10-17(20-16(25-15)12-24-21(20)29)28-9-6-18(26-28)27-7-1-2-8-27/h3-6,9-10H,1-2,7-8,12H2,(H,24,29). The Morgan fingerprint density at radius 1 is 1.17 bits per heavy atom. The van der Waals surface area contributed by atoms with E-state index in [1.807, 2.05) is 12.1 Å². The normalized spacial score (nSPS) is 15.3. The third-order valence-corrected chi connectivity index (χ3v) is 5.36. The maximum atomic E-state index is 14.6. The number of fused-ring (bicyclic) bond motifs is 1. The summed E-state index contributed by atoms with van der Waals surface area (Å²) in [6.45, 7) is 2.17. The number of pyridine rings is 1. The number of amides is 1. The molecule has 144 valence electrons. The minimum Gasteiger partial charge on any atom is -0.355 e. The summed E-state index contributed by atoms with van der Waals surface area (Å²) in [4.78, 5) is 19.1. The van der Waals surface area contributed by atoms with E-state index in [1.54, 1.807) is 23.0 Å². The van der Waals surface area contributed by atoms with E-state index in [2.05, 4.69) is 20.3 Å². The average molecular weight is 388 g/mol. The molecule has 8 heteroatoms. The van der Waals surface area contributed by atoms with E-state index >= 15 is 0 Å². The van der Waals surface area contributed by atoms with Gasteiger partial charge in [-0.25, -0.2) is 14.1 Å². The summed E-state index contributed by atoms with van der Waals surface area (Å²) in [5.41, 5.74) is 2.11. The van der Waals surface area contributed by atoms with Gasteiger partial charge >= 0.3 is 0 Å². The number of rotatable bonds is 3. The van der Waals surface area contributed by atoms with Gasteiger partial charge in [0.25, 0.3) is 5.91 Å². The highest BCUT2D eigenvalue weighted by Gasteiger charge is 2.28. The first-order valence-electron chi connectivity index (χ1n) is 9.48. The number of aromatic nitrogens is 3. The number of nitrogens with zero attached hydrogens (tertiary/aromatic N) is 5. The molecule has 0 bridgehead atoms. The van der Waals surface area contributed by atoms with E-state index in [-0.39, 0.29) is 23.6 Å². The maximum absolute atomic E-state index is 14.6. The molecule has 29 heavy (non-hydrogen) atoms. The number of nitrogens with one attached hydrogen (secondary N) is 1. The van der Waals surface area contributed by atoms with E-state index in [4.69, 9.17) is 0 Å². The molecule has 4 heterocycles. The highest BCUT2D eigenvalue weighted by Crippen LogP contribution is 2.31. The van der Waals surface area contributed by atoms with Crippen molar-refractivity contribution in [2.75, 3.05) is 18.0 Å². The Bertz CT molecular complexity index is 1170. The summed E-state index contributed by atoms with van der Waals surface area (Å²) < 4.78 is 16.2. The zero-order valence-electron chi connectivity index (χ0n) is 15.5. The molecule has 2 aromatic heterocycles. The van der Waals surface area contributed by atoms with Crippen LogP contribution in [0.3, 0.4) is 0 Å². The number of anilines is 1. The summed E-state index contributed by atoms with van der Waals surface area (Å²) in [6, 6.07) is 9.90. The highest BCUT2D eigenvalue weighted by molar-refractivity contribution is 6.01. The fraction of sp³-hybridized carbons (Fsp3) is 0.238. The topological polar surface area (TPSA) is 86.8 Å². The first kappa shape index (κ1) is 17.4. The SMILES string of the molecule is N#Cc1cccc(F)c1-c1cc(-n2ccc(N3CCCC3)n2)c2c(n1)CNC2=O. The van der Waals surface area contributed by atoms with Crippen molar-refractivity contribution in [3.8, 4) is 23.0 Å². The lowest BCUT2D eigenvalue weighted by Gasteiger charge is -2.14. The lowest BCUT2D eigenvalue weighted by Crippen LogP contribution is -2.18. The molecule has 2 aliphatic heterocycles. The first-order valence-corrected chi connectivity index (χ1v) is 9.48. The van der Waals surface area contributed by atoms with Crippen LogP contribution in [-0.2, 0) is 6.54 Å². The predicted molar refractivity (Wildman–Crippen MR) is 104 cm³/mol. The molecule has 1 N–H and O–H groups in total. The smallest absolute Gasteiger partial charge is 0.255 e. The van der Waals surface area contributed by atoms with Crippen molar-refractivity contribution in [1.29, 1.82) is 5.26 Å². The summed E-state index contributed by atoms with van der Waals surface area (Å²) in [5, 5.41) is 16.8. The summed E-state index contributed by atoms with van der Waals surface area (Å²) in [7, 11) is 0. The molecule has 5 rings (SSSR count). The summed E-state index contributed by atoms with van der Waals surface area (Å²) >= 11 is 0. The Morgan fingerprint density at radius 3 is 2.79 bits per heavy atom. The second kappa shape index (κ2) is 6.71. The highest BCUT2D eigenvalue weighted by atomic mass is 19.1. The van der Waals surface area contributed by atoms with Gasteiger partial charge in [-0.15, -0.1) is 0 Å². The molecule has 0 aliphatic carbocycles. The molecule has 7 nitrogen and oxygen atoms in total. The predicted octanol–water partition coefficient (Wildman–Crippen LogP) is 2.79. The van der Waals surface area contributed by atoms with E-state index in [9.17, 15) is 14.4 Å². The van der Waals surface area contributed by atoms with Crippen molar-refractivity contribution in [3.05, 3.63) is 59.2 Å². The van der Waals surface area contributed by atoms with Crippen LogP contribution in [0.15, 0.2) is 36.5 Å². The van der Waals surface area contributed by atoms with Crippen LogP contribution >= 0.6 is 0 Å². The van der Waals surface area contributed by atoms with E-state index in [0.29, 0.717) is 22.6 Å². The lowest BCUT2D eigenvalue weighted by molar-refractivity contribution is 0.0965. The van der Waals surface area contributed by atoms with Gasteiger partial charge in [-0.05, 0) is 31.0 Å². The van der Waals surface area contributed by atoms with Gasteiger partial charge in [-0.3, -0.25) is 4.79 Å². The van der Waals surface area contributed by atoms with Crippen LogP contribution in [0.1, 0.15) is 34.5 Å². The van der Waals surface area contributed by atoms with Crippen molar-refractivity contribution >= 4 is 11.7 Å². The number of hydrogen-bond donors (Lipinski definition) is 1. The number of carbonyl (C=O) groups is 1. The second-order valence-electron chi connectivity index (χ2n) is 7.12. The van der Waals surface area contributed by atoms with Gasteiger partial charge in [0.05, 0.1) is 46.4 Å². The van der Waals surface area contributed by atoms with E-state index in [1.165, 1.54) is 12.1 Å². The molecule has 0 atom stereocenters. The zero-order chi connectivity index (χ0) is 20.0. The van der Waals surface area contributed by atoms with E-state index < -0.39 is 5.82 Å². The number of halogens is 1. The average Bonchev–Trinajstić information content (AvgIpc) is 3.48. The van der Waals surface area contributed by atoms with Gasteiger partial charge in [0, 0.05) is 25.4 Å². The van der Waals surface area contributed by atoms with Crippen molar-refractivity contribution < 1.29 is 9.18 Å². The molecular weight excluding hydrogens is 371 g/mol. The van der Waals surface area contributed by atoms with Crippen molar-refractivity contribution in [2.24, 2.45) is 0 Å². The van der Waals surface area contributed by atoms with Crippen LogP contribution in [0.4, 0.5) is 10.2 Å². The molecule has 0 saturated carbocycles. The van der Waals surface area contributed by atoms with Gasteiger partial charge in [-0.1, -0.05) is 6.07 Å². The molecular formula is C21H17FN6O. The number of benzene rings is 1. The molecule has 2 aliphatic rings. The van der Waals surface area contributed by atoms with Gasteiger partial charge in [0.2, 0.25) is 0 Å². The molecule has 0 unspecified atom stereocenters. The van der Waals surface area contributed by atoms with Gasteiger partial charge in [0.15, 0.2) is 5.82 Å². The Hall–Kier alpha value is -3.73. The maximum Gasteiger partial charge on any atom is 0.255 e. The van der Waals surface area contributed by atoms with Gasteiger partial charge in [-0.2, -0.15) is 10.4 Å². The minimum absolute atomic E-state index is 0.130. The number of hydrogen-bond acceptors (Lipinski definition) is 5. The number of nitriles is 1. The molecule has 0 radical (unpaired) electrons. The first-order chi connectivity index (χ1) is 14.2. The molecule has 1 amide bonds. The largest absolute Gasteiger partial charge is 0.355 e. The van der Waals surface area contributed by atoms with Crippen LogP contribution in [-0.4, -0.2) is 33.8 Å². The molecule has 1 saturated heterocycles. The Balaban J connectivity index is 1.68. The third-order valence-electron chi connectivity index (χ3n) is 5.36. The number of carbonyl (C=O) groups excluding carboxylic acids is 1. The van der Waals surface area contributed by atoms with Gasteiger partial charge < -0.3 is 10.2 Å². The van der Waals surface area contributed by atoms with Crippen molar-refractivity contribution in [3.63, 3.8) is 0 Å². The van der Waals surface area contributed by atoms with Crippen LogP contribution in [0, 0.1) is 17.1 Å². The summed E-state index contributed by atoms with van der Waals surface area (Å²) in [6.07, 6.45) is 4.06. The van der Waals surface area contributed by atoms with Crippen LogP contribution in [0.2, 0.25) is 0 Å². The van der Waals surface area contributed by atoms with Crippen LogP contribution in [0.5, 0.6) is 0 Å². The molecule has 1 fully saturated rings. The van der Waals surface area contributed by atoms with Crippen molar-refractivity contribution in [2.45, 2.75) is 19.4 Å². The molecule has 1 aromatic carbocycles. The summed E-state index contributed by atoms with van der Waals surface area (Å²) in [5.74, 6) is 0.0795. The fourth-order valence-electron chi connectivity index (χ4n) is 3.96. The zero-order valence-corrected chi connectivity index (χ0v) is 15.5. The van der Waals surface area contributed by atoms with Crippen LogP contribution < -0.4 is 10.2 Å². The quantitative estimate of drug-likeness (QED) is 0.746. The third kappa shape index (κ3) is 2.83. The van der Waals surface area contributed by atoms with Crippen molar-refractivity contribution in [1.82, 2.24) is 20.1 Å². The van der Waals surface area contributed by atoms with E-state index in [0.717, 1.165) is 31.7 Å². The molecule has 0 spiro atoms. The monoisotopic (exact) mass is 388 g/mol. The van der Waals surface area contributed by atoms with Gasteiger partial charge in [0.1, 0.15) is 5.82 Å². The fourth-order valence-corrected chi connectivity index (χ4v) is 3.96. The lowest BCUT2D eigenvalue weighted by atomic mass is 10.0. The van der Waals surface area contributed by atoms with Crippen LogP contribution in [0.25, 0.3) is 16.9 Å². The minimum atomic E-state index is -0.530. The Kier molecular flexibility index (Phi) is 4.02. The molecule has 3 aromatic rings. The second-order valence-corrected chi connectivity index (χ2v) is 7.12. The Labute approximate surface area is 166 Å². The Morgan fingerprint density at radius 2 is 2.00 bits per heavy atom.